The van der Waals surface area contributed by atoms with Crippen molar-refractivity contribution in [3.8, 4) is 28.5 Å². The van der Waals surface area contributed by atoms with Gasteiger partial charge in [-0.3, -0.25) is 4.79 Å². The van der Waals surface area contributed by atoms with Crippen LogP contribution in [0.15, 0.2) is 65.1 Å². The molecule has 0 radical (unpaired) electrons. The van der Waals surface area contributed by atoms with E-state index in [2.05, 4.69) is 10.3 Å². The van der Waals surface area contributed by atoms with Gasteiger partial charge in [0.05, 0.1) is 38.1 Å². The fourth-order valence-electron chi connectivity index (χ4n) is 4.47. The smallest absolute Gasteiger partial charge is 0.256 e. The number of hydrogen-bond acceptors (Lipinski definition) is 7. The summed E-state index contributed by atoms with van der Waals surface area (Å²) < 4.78 is 22.3. The Morgan fingerprint density at radius 1 is 0.892 bits per heavy atom. The van der Waals surface area contributed by atoms with Gasteiger partial charge in [-0.2, -0.15) is 0 Å². The van der Waals surface area contributed by atoms with E-state index in [1.165, 1.54) is 0 Å². The van der Waals surface area contributed by atoms with Crippen LogP contribution in [-0.2, 0) is 0 Å². The van der Waals surface area contributed by atoms with Gasteiger partial charge >= 0.3 is 0 Å². The standard InChI is InChI=1S/C29H25N3O5/c1-34-25-12-17(13-26(35-2)27(25)36-3)22-15-20(19-6-4-5-7-21(19)31-22)28(33)30-18-10-11-24-23(14-18)32-29(37-24)16-8-9-16/h4-7,10-16H,8-9H2,1-3H3,(H,30,33). The van der Waals surface area contributed by atoms with Crippen molar-refractivity contribution < 1.29 is 23.4 Å². The molecule has 5 aromatic rings. The third-order valence-electron chi connectivity index (χ3n) is 6.51. The van der Waals surface area contributed by atoms with E-state index in [1.54, 1.807) is 27.4 Å². The van der Waals surface area contributed by atoms with Gasteiger partial charge in [0.2, 0.25) is 5.75 Å². The highest BCUT2D eigenvalue weighted by Crippen LogP contribution is 2.42. The van der Waals surface area contributed by atoms with Gasteiger partial charge in [0.15, 0.2) is 23.0 Å². The lowest BCUT2D eigenvalue weighted by atomic mass is 10.0. The minimum absolute atomic E-state index is 0.252. The molecular formula is C29H25N3O5. The van der Waals surface area contributed by atoms with Crippen molar-refractivity contribution in [1.82, 2.24) is 9.97 Å². The first-order valence-corrected chi connectivity index (χ1v) is 12.0. The number of anilines is 1. The first-order valence-electron chi connectivity index (χ1n) is 12.0. The van der Waals surface area contributed by atoms with Crippen LogP contribution in [0, 0.1) is 0 Å². The molecule has 1 aliphatic carbocycles. The van der Waals surface area contributed by atoms with Crippen molar-refractivity contribution in [3.05, 3.63) is 72.1 Å². The number of carbonyl (C=O) groups excluding carboxylic acids is 1. The Morgan fingerprint density at radius 2 is 1.65 bits per heavy atom. The lowest BCUT2D eigenvalue weighted by Gasteiger charge is -2.15. The maximum Gasteiger partial charge on any atom is 0.256 e. The molecule has 8 nitrogen and oxygen atoms in total. The van der Waals surface area contributed by atoms with Crippen molar-refractivity contribution in [3.63, 3.8) is 0 Å². The Labute approximate surface area is 213 Å². The molecule has 0 aliphatic heterocycles. The number of carbonyl (C=O) groups is 1. The van der Waals surface area contributed by atoms with Crippen LogP contribution >= 0.6 is 0 Å². The molecule has 2 aromatic heterocycles. The number of para-hydroxylation sites is 1. The minimum atomic E-state index is -0.252. The van der Waals surface area contributed by atoms with Crippen LogP contribution in [0.5, 0.6) is 17.2 Å². The summed E-state index contributed by atoms with van der Waals surface area (Å²) in [5.74, 6) is 2.43. The summed E-state index contributed by atoms with van der Waals surface area (Å²) in [5.41, 5.74) is 4.61. The summed E-state index contributed by atoms with van der Waals surface area (Å²) in [7, 11) is 4.68. The fraction of sp³-hybridized carbons (Fsp3) is 0.207. The molecule has 0 spiro atoms. The van der Waals surface area contributed by atoms with Crippen LogP contribution in [0.1, 0.15) is 35.0 Å². The minimum Gasteiger partial charge on any atom is -0.493 e. The number of oxazole rings is 1. The van der Waals surface area contributed by atoms with E-state index >= 15 is 0 Å². The molecule has 0 bridgehead atoms. The Bertz CT molecular complexity index is 1630. The maximum absolute atomic E-state index is 13.6. The number of rotatable bonds is 7. The number of benzene rings is 3. The van der Waals surface area contributed by atoms with Crippen LogP contribution < -0.4 is 19.5 Å². The van der Waals surface area contributed by atoms with Gasteiger partial charge in [-0.25, -0.2) is 9.97 Å². The average molecular weight is 496 g/mol. The van der Waals surface area contributed by atoms with Crippen molar-refractivity contribution in [2.45, 2.75) is 18.8 Å². The second-order valence-electron chi connectivity index (χ2n) is 8.95. The number of nitrogens with zero attached hydrogens (tertiary/aromatic N) is 2. The maximum atomic E-state index is 13.6. The Balaban J connectivity index is 1.40. The molecular weight excluding hydrogens is 470 g/mol. The van der Waals surface area contributed by atoms with Crippen LogP contribution in [-0.4, -0.2) is 37.2 Å². The van der Waals surface area contributed by atoms with E-state index < -0.39 is 0 Å². The van der Waals surface area contributed by atoms with Crippen LogP contribution in [0.2, 0.25) is 0 Å². The van der Waals surface area contributed by atoms with Gasteiger partial charge in [0.1, 0.15) is 5.52 Å². The van der Waals surface area contributed by atoms with Gasteiger partial charge in [-0.1, -0.05) is 18.2 Å². The highest BCUT2D eigenvalue weighted by atomic mass is 16.5. The highest BCUT2D eigenvalue weighted by molar-refractivity contribution is 6.13. The zero-order chi connectivity index (χ0) is 25.5. The van der Waals surface area contributed by atoms with Gasteiger partial charge in [-0.05, 0) is 55.3 Å². The van der Waals surface area contributed by atoms with Crippen molar-refractivity contribution >= 4 is 33.6 Å². The van der Waals surface area contributed by atoms with Crippen molar-refractivity contribution in [1.29, 1.82) is 0 Å². The number of fused-ring (bicyclic) bond motifs is 2. The molecule has 0 unspecified atom stereocenters. The molecule has 1 N–H and O–H groups in total. The quantitative estimate of drug-likeness (QED) is 0.287. The third kappa shape index (κ3) is 4.20. The zero-order valence-corrected chi connectivity index (χ0v) is 20.7. The number of aromatic nitrogens is 2. The van der Waals surface area contributed by atoms with Crippen LogP contribution in [0.25, 0.3) is 33.3 Å². The number of nitrogens with one attached hydrogen (secondary N) is 1. The molecule has 0 saturated heterocycles. The van der Waals surface area contributed by atoms with E-state index in [-0.39, 0.29) is 5.91 Å². The number of ether oxygens (including phenoxy) is 3. The second-order valence-corrected chi connectivity index (χ2v) is 8.95. The highest BCUT2D eigenvalue weighted by Gasteiger charge is 2.29. The Kier molecular flexibility index (Phi) is 5.64. The molecule has 6 rings (SSSR count). The lowest BCUT2D eigenvalue weighted by molar-refractivity contribution is 0.102. The number of amides is 1. The first kappa shape index (κ1) is 22.8. The molecule has 1 fully saturated rings. The van der Waals surface area contributed by atoms with Crippen LogP contribution in [0.3, 0.4) is 0 Å². The van der Waals surface area contributed by atoms with Crippen molar-refractivity contribution in [2.75, 3.05) is 26.6 Å². The summed E-state index contributed by atoms with van der Waals surface area (Å²) in [4.78, 5) is 23.0. The summed E-state index contributed by atoms with van der Waals surface area (Å²) in [6.07, 6.45) is 2.22. The Hall–Kier alpha value is -4.59. The normalized spacial score (nSPS) is 13.1. The monoisotopic (exact) mass is 495 g/mol. The lowest BCUT2D eigenvalue weighted by Crippen LogP contribution is -2.13. The van der Waals surface area contributed by atoms with Crippen LogP contribution in [0.4, 0.5) is 5.69 Å². The molecule has 1 aliphatic rings. The molecule has 3 aromatic carbocycles. The van der Waals surface area contributed by atoms with Gasteiger partial charge in [-0.15, -0.1) is 0 Å². The molecule has 8 heteroatoms. The molecule has 2 heterocycles. The van der Waals surface area contributed by atoms with Crippen molar-refractivity contribution in [2.24, 2.45) is 0 Å². The summed E-state index contributed by atoms with van der Waals surface area (Å²) in [6.45, 7) is 0. The zero-order valence-electron chi connectivity index (χ0n) is 20.7. The van der Waals surface area contributed by atoms with E-state index in [9.17, 15) is 4.79 Å². The summed E-state index contributed by atoms with van der Waals surface area (Å²) in [5, 5.41) is 3.77. The topological polar surface area (TPSA) is 95.7 Å². The molecule has 1 saturated carbocycles. The van der Waals surface area contributed by atoms with E-state index in [4.69, 9.17) is 23.6 Å². The first-order chi connectivity index (χ1) is 18.1. The van der Waals surface area contributed by atoms with Gasteiger partial charge < -0.3 is 23.9 Å². The van der Waals surface area contributed by atoms with E-state index in [0.29, 0.717) is 45.6 Å². The predicted octanol–water partition coefficient (Wildman–Crippen LogP) is 6.20. The number of methoxy groups -OCH3 is 3. The molecule has 186 valence electrons. The average Bonchev–Trinajstić information content (AvgIpc) is 3.70. The molecule has 0 atom stereocenters. The fourth-order valence-corrected chi connectivity index (χ4v) is 4.47. The summed E-state index contributed by atoms with van der Waals surface area (Å²) >= 11 is 0. The van der Waals surface area contributed by atoms with Gasteiger partial charge in [0.25, 0.3) is 5.91 Å². The number of pyridine rings is 1. The third-order valence-corrected chi connectivity index (χ3v) is 6.51. The summed E-state index contributed by atoms with van der Waals surface area (Å²) in [6, 6.07) is 18.5. The van der Waals surface area contributed by atoms with Gasteiger partial charge in [0, 0.05) is 22.6 Å². The Morgan fingerprint density at radius 3 is 2.35 bits per heavy atom. The van der Waals surface area contributed by atoms with E-state index in [1.807, 2.05) is 54.6 Å². The van der Waals surface area contributed by atoms with E-state index in [0.717, 1.165) is 40.8 Å². The predicted molar refractivity (Wildman–Crippen MR) is 141 cm³/mol. The largest absolute Gasteiger partial charge is 0.493 e. The number of hydrogen-bond donors (Lipinski definition) is 1. The SMILES string of the molecule is COc1cc(-c2cc(C(=O)Nc3ccc4oc(C5CC5)nc4c3)c3ccccc3n2)cc(OC)c1OC. The molecule has 37 heavy (non-hydrogen) atoms. The second kappa shape index (κ2) is 9.13. The molecule has 1 amide bonds.